The molecule has 0 amide bonds. The van der Waals surface area contributed by atoms with Gasteiger partial charge in [-0.2, -0.15) is 0 Å². The summed E-state index contributed by atoms with van der Waals surface area (Å²) in [5.74, 6) is 2.34. The number of hydrogen-bond donors (Lipinski definition) is 0. The molecular weight excluding hydrogens is 342 g/mol. The first-order valence-corrected chi connectivity index (χ1v) is 10.4. The quantitative estimate of drug-likeness (QED) is 0.702. The summed E-state index contributed by atoms with van der Waals surface area (Å²) in [6, 6.07) is 4.56. The molecule has 7 nitrogen and oxygen atoms in total. The molecular formula is C20H31N5O2. The summed E-state index contributed by atoms with van der Waals surface area (Å²) < 4.78 is 13.7. The Morgan fingerprint density at radius 1 is 1.22 bits per heavy atom. The van der Waals surface area contributed by atoms with E-state index in [4.69, 9.17) is 9.15 Å². The lowest BCUT2D eigenvalue weighted by atomic mass is 10.00. The second-order valence-electron chi connectivity index (χ2n) is 8.25. The first-order valence-electron chi connectivity index (χ1n) is 10.4. The van der Waals surface area contributed by atoms with Crippen LogP contribution in [0, 0.1) is 5.92 Å². The molecule has 1 aliphatic heterocycles. The molecule has 0 bridgehead atoms. The smallest absolute Gasteiger partial charge is 0.168 e. The van der Waals surface area contributed by atoms with Gasteiger partial charge >= 0.3 is 0 Å². The molecule has 2 unspecified atom stereocenters. The summed E-state index contributed by atoms with van der Waals surface area (Å²) in [5.41, 5.74) is 0. The van der Waals surface area contributed by atoms with Gasteiger partial charge in [0.05, 0.1) is 31.0 Å². The fourth-order valence-electron chi connectivity index (χ4n) is 4.62. The molecule has 27 heavy (non-hydrogen) atoms. The Labute approximate surface area is 161 Å². The van der Waals surface area contributed by atoms with Gasteiger partial charge in [-0.05, 0) is 54.2 Å². The lowest BCUT2D eigenvalue weighted by Crippen LogP contribution is -2.39. The van der Waals surface area contributed by atoms with E-state index in [2.05, 4.69) is 39.0 Å². The van der Waals surface area contributed by atoms with Crippen LogP contribution in [0.4, 0.5) is 0 Å². The molecule has 2 aromatic heterocycles. The minimum atomic E-state index is 0.134. The topological polar surface area (TPSA) is 69.2 Å². The second kappa shape index (κ2) is 8.52. The Bertz CT molecular complexity index is 687. The van der Waals surface area contributed by atoms with Crippen LogP contribution in [-0.4, -0.2) is 44.4 Å². The molecule has 2 atom stereocenters. The maximum Gasteiger partial charge on any atom is 0.168 e. The summed E-state index contributed by atoms with van der Waals surface area (Å²) in [5, 5.41) is 12.9. The Kier molecular flexibility index (Phi) is 5.88. The highest BCUT2D eigenvalue weighted by atomic mass is 16.5. The number of rotatable bonds is 8. The van der Waals surface area contributed by atoms with Gasteiger partial charge in [0.2, 0.25) is 0 Å². The number of nitrogens with zero attached hydrogens (tertiary/aromatic N) is 5. The van der Waals surface area contributed by atoms with E-state index in [1.807, 2.05) is 12.1 Å². The third kappa shape index (κ3) is 4.24. The molecule has 2 aromatic rings. The zero-order valence-electron chi connectivity index (χ0n) is 16.5. The molecule has 0 aromatic carbocycles. The third-order valence-corrected chi connectivity index (χ3v) is 5.88. The van der Waals surface area contributed by atoms with Crippen molar-refractivity contribution in [3.63, 3.8) is 0 Å². The lowest BCUT2D eigenvalue weighted by Gasteiger charge is -2.35. The summed E-state index contributed by atoms with van der Waals surface area (Å²) in [4.78, 5) is 2.45. The van der Waals surface area contributed by atoms with Gasteiger partial charge in [0.15, 0.2) is 5.82 Å². The molecule has 0 N–H and O–H groups in total. The lowest BCUT2D eigenvalue weighted by molar-refractivity contribution is 0.0348. The van der Waals surface area contributed by atoms with Crippen LogP contribution in [0.5, 0.6) is 0 Å². The maximum atomic E-state index is 5.95. The number of aromatic nitrogens is 4. The number of hydrogen-bond acceptors (Lipinski definition) is 6. The second-order valence-corrected chi connectivity index (χ2v) is 8.25. The van der Waals surface area contributed by atoms with Crippen LogP contribution in [0.2, 0.25) is 0 Å². The fourth-order valence-corrected chi connectivity index (χ4v) is 4.62. The molecule has 2 aliphatic rings. The Morgan fingerprint density at radius 2 is 2.07 bits per heavy atom. The summed E-state index contributed by atoms with van der Waals surface area (Å²) >= 11 is 0. The number of ether oxygens (including phenoxy) is 1. The standard InChI is InChI=1S/C20H31N5O2/c1-15(2)19(20-21-22-23-25(20)16-7-3-4-8-16)24(13-17-9-5-11-26-17)14-18-10-6-12-27-18/h5,9,11,15-16,18-19H,3-4,6-8,10,12-14H2,1-2H3. The van der Waals surface area contributed by atoms with E-state index in [1.165, 1.54) is 25.7 Å². The van der Waals surface area contributed by atoms with Gasteiger partial charge in [-0.1, -0.05) is 26.7 Å². The molecule has 4 rings (SSSR count). The number of tetrazole rings is 1. The van der Waals surface area contributed by atoms with Gasteiger partial charge in [-0.15, -0.1) is 5.10 Å². The van der Waals surface area contributed by atoms with Crippen LogP contribution in [-0.2, 0) is 11.3 Å². The summed E-state index contributed by atoms with van der Waals surface area (Å²) in [6.45, 7) is 6.99. The van der Waals surface area contributed by atoms with Crippen LogP contribution >= 0.6 is 0 Å². The van der Waals surface area contributed by atoms with E-state index in [0.29, 0.717) is 12.0 Å². The van der Waals surface area contributed by atoms with Crippen molar-refractivity contribution in [2.45, 2.75) is 77.1 Å². The van der Waals surface area contributed by atoms with Crippen molar-refractivity contribution in [3.05, 3.63) is 30.0 Å². The van der Waals surface area contributed by atoms with E-state index >= 15 is 0 Å². The number of furan rings is 1. The van der Waals surface area contributed by atoms with E-state index in [9.17, 15) is 0 Å². The molecule has 1 saturated carbocycles. The third-order valence-electron chi connectivity index (χ3n) is 5.88. The predicted molar refractivity (Wildman–Crippen MR) is 101 cm³/mol. The van der Waals surface area contributed by atoms with E-state index in [-0.39, 0.29) is 12.1 Å². The Balaban J connectivity index is 1.62. The minimum Gasteiger partial charge on any atom is -0.468 e. The van der Waals surface area contributed by atoms with Crippen molar-refractivity contribution in [1.82, 2.24) is 25.1 Å². The molecule has 1 saturated heterocycles. The van der Waals surface area contributed by atoms with Crippen molar-refractivity contribution >= 4 is 0 Å². The average Bonchev–Trinajstić information content (AvgIpc) is 3.43. The van der Waals surface area contributed by atoms with Gasteiger partial charge in [-0.3, -0.25) is 4.90 Å². The van der Waals surface area contributed by atoms with Crippen LogP contribution in [0.25, 0.3) is 0 Å². The van der Waals surface area contributed by atoms with Gasteiger partial charge < -0.3 is 9.15 Å². The van der Waals surface area contributed by atoms with E-state index < -0.39 is 0 Å². The van der Waals surface area contributed by atoms with Crippen LogP contribution < -0.4 is 0 Å². The Morgan fingerprint density at radius 3 is 2.74 bits per heavy atom. The molecule has 0 spiro atoms. The average molecular weight is 374 g/mol. The monoisotopic (exact) mass is 373 g/mol. The molecule has 2 fully saturated rings. The summed E-state index contributed by atoms with van der Waals surface area (Å²) in [7, 11) is 0. The zero-order valence-corrected chi connectivity index (χ0v) is 16.5. The van der Waals surface area contributed by atoms with Crippen molar-refractivity contribution in [2.75, 3.05) is 13.2 Å². The highest BCUT2D eigenvalue weighted by molar-refractivity contribution is 5.03. The Hall–Kier alpha value is -1.73. The SMILES string of the molecule is CC(C)C(c1nnnn1C1CCCC1)N(Cc1ccco1)CC1CCCO1. The predicted octanol–water partition coefficient (Wildman–Crippen LogP) is 3.76. The van der Waals surface area contributed by atoms with Crippen LogP contribution in [0.15, 0.2) is 22.8 Å². The van der Waals surface area contributed by atoms with Crippen molar-refractivity contribution in [3.8, 4) is 0 Å². The van der Waals surface area contributed by atoms with Gasteiger partial charge in [0.25, 0.3) is 0 Å². The van der Waals surface area contributed by atoms with Gasteiger partial charge in [0, 0.05) is 13.2 Å². The van der Waals surface area contributed by atoms with Gasteiger partial charge in [0.1, 0.15) is 5.76 Å². The van der Waals surface area contributed by atoms with Crippen molar-refractivity contribution in [2.24, 2.45) is 5.92 Å². The first kappa shape index (κ1) is 18.6. The molecule has 3 heterocycles. The largest absolute Gasteiger partial charge is 0.468 e. The van der Waals surface area contributed by atoms with E-state index in [0.717, 1.165) is 44.1 Å². The van der Waals surface area contributed by atoms with Crippen LogP contribution in [0.1, 0.15) is 76.0 Å². The molecule has 1 aliphatic carbocycles. The van der Waals surface area contributed by atoms with Crippen molar-refractivity contribution < 1.29 is 9.15 Å². The molecule has 0 radical (unpaired) electrons. The minimum absolute atomic E-state index is 0.134. The highest BCUT2D eigenvalue weighted by Crippen LogP contribution is 2.35. The highest BCUT2D eigenvalue weighted by Gasteiger charge is 2.34. The first-order chi connectivity index (χ1) is 13.2. The summed E-state index contributed by atoms with van der Waals surface area (Å²) in [6.07, 6.45) is 9.16. The van der Waals surface area contributed by atoms with E-state index in [1.54, 1.807) is 6.26 Å². The normalized spacial score (nSPS) is 22.3. The molecule has 7 heteroatoms. The zero-order chi connectivity index (χ0) is 18.6. The maximum absolute atomic E-state index is 5.95. The fraction of sp³-hybridized carbons (Fsp3) is 0.750. The van der Waals surface area contributed by atoms with Crippen LogP contribution in [0.3, 0.4) is 0 Å². The van der Waals surface area contributed by atoms with Gasteiger partial charge in [-0.25, -0.2) is 4.68 Å². The molecule has 148 valence electrons. The van der Waals surface area contributed by atoms with Crippen molar-refractivity contribution in [1.29, 1.82) is 0 Å².